The highest BCUT2D eigenvalue weighted by Gasteiger charge is 2.10. The van der Waals surface area contributed by atoms with Crippen LogP contribution >= 0.6 is 11.6 Å². The molecule has 0 radical (unpaired) electrons. The van der Waals surface area contributed by atoms with Crippen molar-refractivity contribution >= 4 is 17.4 Å². The van der Waals surface area contributed by atoms with Crippen molar-refractivity contribution in [2.24, 2.45) is 0 Å². The van der Waals surface area contributed by atoms with E-state index in [1.807, 2.05) is 31.5 Å². The summed E-state index contributed by atoms with van der Waals surface area (Å²) in [7, 11) is 0. The van der Waals surface area contributed by atoms with Gasteiger partial charge in [-0.25, -0.2) is 9.36 Å². The fraction of sp³-hybridized carbons (Fsp3) is 0.400. The van der Waals surface area contributed by atoms with Crippen LogP contribution in [0.25, 0.3) is 0 Å². The van der Waals surface area contributed by atoms with Crippen LogP contribution < -0.4 is 5.73 Å². The van der Waals surface area contributed by atoms with Gasteiger partial charge in [-0.1, -0.05) is 11.6 Å². The van der Waals surface area contributed by atoms with Crippen LogP contribution in [0, 0.1) is 20.8 Å². The molecule has 0 spiro atoms. The molecule has 0 saturated heterocycles. The Morgan fingerprint density at radius 2 is 1.94 bits per heavy atom. The minimum atomic E-state index is 0.519. The molecule has 0 unspecified atom stereocenters. The van der Waals surface area contributed by atoms with Crippen LogP contribution in [0.15, 0.2) is 6.07 Å². The summed E-state index contributed by atoms with van der Waals surface area (Å²) in [6.45, 7) is 6.31. The highest BCUT2D eigenvalue weighted by Crippen LogP contribution is 2.19. The lowest BCUT2D eigenvalue weighted by molar-refractivity contribution is 0.484. The molecule has 2 rings (SSSR count). The Morgan fingerprint density at radius 1 is 1.25 bits per heavy atom. The predicted molar refractivity (Wildman–Crippen MR) is 63.5 cm³/mol. The second kappa shape index (κ2) is 3.83. The Morgan fingerprint density at radius 3 is 2.38 bits per heavy atom. The number of nitrogens with two attached hydrogens (primary N) is 1. The average molecular weight is 240 g/mol. The van der Waals surface area contributed by atoms with Crippen molar-refractivity contribution in [2.75, 3.05) is 5.73 Å². The van der Waals surface area contributed by atoms with Gasteiger partial charge in [-0.05, 0) is 20.8 Å². The minimum absolute atomic E-state index is 0.519. The molecule has 86 valence electrons. The van der Waals surface area contributed by atoms with Gasteiger partial charge in [-0.15, -0.1) is 0 Å². The van der Waals surface area contributed by atoms with Crippen LogP contribution in [0.5, 0.6) is 0 Å². The Balaban J connectivity index is 2.34. The van der Waals surface area contributed by atoms with Gasteiger partial charge >= 0.3 is 0 Å². The Hall–Kier alpha value is -1.49. The molecule has 2 aromatic heterocycles. The quantitative estimate of drug-likeness (QED) is 0.869. The molecule has 2 aromatic rings. The van der Waals surface area contributed by atoms with Crippen molar-refractivity contribution in [3.8, 4) is 0 Å². The maximum atomic E-state index is 6.07. The van der Waals surface area contributed by atoms with Crippen molar-refractivity contribution < 1.29 is 0 Å². The largest absolute Gasteiger partial charge is 0.382 e. The van der Waals surface area contributed by atoms with Gasteiger partial charge in [0.05, 0.1) is 16.4 Å². The third-order valence-electron chi connectivity index (χ3n) is 2.56. The number of rotatable bonds is 2. The van der Waals surface area contributed by atoms with E-state index in [0.29, 0.717) is 17.5 Å². The predicted octanol–water partition coefficient (Wildman–Crippen LogP) is 1.75. The number of halogens is 1. The van der Waals surface area contributed by atoms with Gasteiger partial charge in [0, 0.05) is 11.8 Å². The maximum Gasteiger partial charge on any atom is 0.145 e. The van der Waals surface area contributed by atoms with Gasteiger partial charge in [0.1, 0.15) is 12.5 Å². The molecule has 0 fully saturated rings. The van der Waals surface area contributed by atoms with E-state index in [9.17, 15) is 0 Å². The molecule has 0 aliphatic rings. The lowest BCUT2D eigenvalue weighted by atomic mass is 10.4. The van der Waals surface area contributed by atoms with E-state index < -0.39 is 0 Å². The van der Waals surface area contributed by atoms with E-state index in [-0.39, 0.29) is 0 Å². The average Bonchev–Trinajstić information content (AvgIpc) is 2.64. The summed E-state index contributed by atoms with van der Waals surface area (Å²) >= 11 is 6.07. The van der Waals surface area contributed by atoms with Gasteiger partial charge < -0.3 is 5.73 Å². The Labute approximate surface area is 98.8 Å². The second-order valence-corrected chi connectivity index (χ2v) is 4.21. The molecule has 0 saturated carbocycles. The van der Waals surface area contributed by atoms with Crippen LogP contribution in [0.3, 0.4) is 0 Å². The van der Waals surface area contributed by atoms with Crippen LogP contribution in [0.2, 0.25) is 5.02 Å². The third kappa shape index (κ3) is 1.78. The number of hydrogen-bond donors (Lipinski definition) is 1. The monoisotopic (exact) mass is 239 g/mol. The van der Waals surface area contributed by atoms with Gasteiger partial charge in [0.2, 0.25) is 0 Å². The van der Waals surface area contributed by atoms with Crippen LogP contribution in [-0.4, -0.2) is 19.6 Å². The highest BCUT2D eigenvalue weighted by atomic mass is 35.5. The minimum Gasteiger partial charge on any atom is -0.382 e. The number of aryl methyl sites for hydroxylation is 2. The van der Waals surface area contributed by atoms with Gasteiger partial charge in [-0.3, -0.25) is 0 Å². The highest BCUT2D eigenvalue weighted by molar-refractivity contribution is 6.31. The summed E-state index contributed by atoms with van der Waals surface area (Å²) in [5.41, 5.74) is 8.39. The summed E-state index contributed by atoms with van der Waals surface area (Å²) in [5.74, 6) is 0.519. The van der Waals surface area contributed by atoms with E-state index in [2.05, 4.69) is 10.2 Å². The van der Waals surface area contributed by atoms with Crippen molar-refractivity contribution in [1.82, 2.24) is 19.6 Å². The summed E-state index contributed by atoms with van der Waals surface area (Å²) in [6.07, 6.45) is 0. The molecular weight excluding hydrogens is 226 g/mol. The molecule has 0 aliphatic carbocycles. The summed E-state index contributed by atoms with van der Waals surface area (Å²) < 4.78 is 3.61. The van der Waals surface area contributed by atoms with Crippen LogP contribution in [-0.2, 0) is 6.67 Å². The first-order chi connectivity index (χ1) is 7.49. The lowest BCUT2D eigenvalue weighted by Gasteiger charge is -2.06. The molecule has 0 amide bonds. The summed E-state index contributed by atoms with van der Waals surface area (Å²) in [5, 5.41) is 9.22. The first-order valence-corrected chi connectivity index (χ1v) is 5.36. The van der Waals surface area contributed by atoms with Crippen molar-refractivity contribution in [3.63, 3.8) is 0 Å². The fourth-order valence-electron chi connectivity index (χ4n) is 1.62. The topological polar surface area (TPSA) is 61.7 Å². The SMILES string of the molecule is Cc1nn(Cn2nc(N)cc2C)c(C)c1Cl. The van der Waals surface area contributed by atoms with E-state index in [1.165, 1.54) is 0 Å². The standard InChI is InChI=1S/C10H14ClN5/c1-6-4-9(12)14-15(6)5-16-8(3)10(11)7(2)13-16/h4H,5H2,1-3H3,(H2,12,14). The molecule has 0 bridgehead atoms. The summed E-state index contributed by atoms with van der Waals surface area (Å²) in [6, 6.07) is 1.83. The van der Waals surface area contributed by atoms with E-state index >= 15 is 0 Å². The van der Waals surface area contributed by atoms with Gasteiger partial charge in [0.15, 0.2) is 0 Å². The number of nitrogens with zero attached hydrogens (tertiary/aromatic N) is 4. The summed E-state index contributed by atoms with van der Waals surface area (Å²) in [4.78, 5) is 0. The van der Waals surface area contributed by atoms with E-state index in [0.717, 1.165) is 17.1 Å². The second-order valence-electron chi connectivity index (χ2n) is 3.84. The normalized spacial score (nSPS) is 11.0. The lowest BCUT2D eigenvalue weighted by Crippen LogP contribution is -2.13. The first-order valence-electron chi connectivity index (χ1n) is 4.98. The van der Waals surface area contributed by atoms with E-state index in [4.69, 9.17) is 17.3 Å². The zero-order chi connectivity index (χ0) is 11.9. The van der Waals surface area contributed by atoms with Crippen molar-refractivity contribution in [3.05, 3.63) is 28.2 Å². The first kappa shape index (κ1) is 11.0. The van der Waals surface area contributed by atoms with E-state index in [1.54, 1.807) is 4.68 Å². The molecule has 6 heteroatoms. The molecule has 0 aromatic carbocycles. The number of anilines is 1. The van der Waals surface area contributed by atoms with Crippen molar-refractivity contribution in [1.29, 1.82) is 0 Å². The van der Waals surface area contributed by atoms with Crippen molar-refractivity contribution in [2.45, 2.75) is 27.4 Å². The molecule has 2 heterocycles. The third-order valence-corrected chi connectivity index (χ3v) is 3.11. The number of aromatic nitrogens is 4. The molecule has 0 atom stereocenters. The molecule has 2 N–H and O–H groups in total. The Bertz CT molecular complexity index is 526. The smallest absolute Gasteiger partial charge is 0.145 e. The molecule has 0 aliphatic heterocycles. The molecular formula is C10H14ClN5. The zero-order valence-corrected chi connectivity index (χ0v) is 10.3. The van der Waals surface area contributed by atoms with Gasteiger partial charge in [-0.2, -0.15) is 10.2 Å². The Kier molecular flexibility index (Phi) is 2.63. The molecule has 5 nitrogen and oxygen atoms in total. The fourth-order valence-corrected chi connectivity index (χ4v) is 1.75. The number of nitrogen functional groups attached to an aromatic ring is 1. The van der Waals surface area contributed by atoms with Crippen LogP contribution in [0.1, 0.15) is 17.1 Å². The molecule has 16 heavy (non-hydrogen) atoms. The number of hydrogen-bond acceptors (Lipinski definition) is 3. The zero-order valence-electron chi connectivity index (χ0n) is 9.53. The maximum absolute atomic E-state index is 6.07. The van der Waals surface area contributed by atoms with Gasteiger partial charge in [0.25, 0.3) is 0 Å². The van der Waals surface area contributed by atoms with Crippen LogP contribution in [0.4, 0.5) is 5.82 Å².